The molecule has 2 heterocycles. The lowest BCUT2D eigenvalue weighted by atomic mass is 10.1. The van der Waals surface area contributed by atoms with Crippen LogP contribution in [0.2, 0.25) is 0 Å². The molecule has 1 saturated heterocycles. The zero-order chi connectivity index (χ0) is 14.8. The second kappa shape index (κ2) is 5.99. The van der Waals surface area contributed by atoms with E-state index >= 15 is 0 Å². The SMILES string of the molecule is NC[C@H]1CCN(C(=O)c2cnn(-c3cccc(Br)c3)c2)C1. The number of carbonyl (C=O) groups excluding carboxylic acids is 1. The van der Waals surface area contributed by atoms with Crippen molar-refractivity contribution in [2.45, 2.75) is 6.42 Å². The summed E-state index contributed by atoms with van der Waals surface area (Å²) >= 11 is 3.44. The van der Waals surface area contributed by atoms with Crippen LogP contribution in [-0.2, 0) is 0 Å². The van der Waals surface area contributed by atoms with Crippen LogP contribution in [0.4, 0.5) is 0 Å². The molecular weight excluding hydrogens is 332 g/mol. The Morgan fingerprint density at radius 1 is 1.48 bits per heavy atom. The van der Waals surface area contributed by atoms with Crippen molar-refractivity contribution >= 4 is 21.8 Å². The summed E-state index contributed by atoms with van der Waals surface area (Å²) in [5, 5.41) is 4.28. The lowest BCUT2D eigenvalue weighted by Crippen LogP contribution is -2.29. The van der Waals surface area contributed by atoms with Gasteiger partial charge in [-0.3, -0.25) is 4.79 Å². The fourth-order valence-corrected chi connectivity index (χ4v) is 2.97. The van der Waals surface area contributed by atoms with Crippen LogP contribution in [0.5, 0.6) is 0 Å². The molecule has 1 amide bonds. The molecule has 0 spiro atoms. The van der Waals surface area contributed by atoms with Gasteiger partial charge < -0.3 is 10.6 Å². The summed E-state index contributed by atoms with van der Waals surface area (Å²) in [5.74, 6) is 0.460. The van der Waals surface area contributed by atoms with Crippen molar-refractivity contribution < 1.29 is 4.79 Å². The number of rotatable bonds is 3. The van der Waals surface area contributed by atoms with Crippen molar-refractivity contribution in [1.82, 2.24) is 14.7 Å². The van der Waals surface area contributed by atoms with E-state index < -0.39 is 0 Å². The molecule has 6 heteroatoms. The second-order valence-corrected chi connectivity index (χ2v) is 6.21. The van der Waals surface area contributed by atoms with Gasteiger partial charge in [0.15, 0.2) is 0 Å². The van der Waals surface area contributed by atoms with E-state index in [1.54, 1.807) is 17.1 Å². The maximum absolute atomic E-state index is 12.4. The maximum Gasteiger partial charge on any atom is 0.257 e. The molecule has 1 fully saturated rings. The lowest BCUT2D eigenvalue weighted by Gasteiger charge is -2.14. The van der Waals surface area contributed by atoms with Gasteiger partial charge in [-0.1, -0.05) is 22.0 Å². The maximum atomic E-state index is 12.4. The zero-order valence-electron chi connectivity index (χ0n) is 11.6. The van der Waals surface area contributed by atoms with Crippen molar-refractivity contribution in [3.05, 3.63) is 46.7 Å². The quantitative estimate of drug-likeness (QED) is 0.923. The third-order valence-corrected chi connectivity index (χ3v) is 4.30. The van der Waals surface area contributed by atoms with Gasteiger partial charge in [0.25, 0.3) is 5.91 Å². The Labute approximate surface area is 131 Å². The van der Waals surface area contributed by atoms with E-state index in [0.29, 0.717) is 18.0 Å². The van der Waals surface area contributed by atoms with Gasteiger partial charge in [0.2, 0.25) is 0 Å². The van der Waals surface area contributed by atoms with Crippen LogP contribution in [-0.4, -0.2) is 40.2 Å². The fraction of sp³-hybridized carbons (Fsp3) is 0.333. The predicted octanol–water partition coefficient (Wildman–Crippen LogP) is 2.06. The molecule has 0 bridgehead atoms. The van der Waals surface area contributed by atoms with Gasteiger partial charge in [-0.05, 0) is 37.1 Å². The number of amides is 1. The smallest absolute Gasteiger partial charge is 0.257 e. The van der Waals surface area contributed by atoms with Gasteiger partial charge in [0, 0.05) is 23.8 Å². The molecule has 5 nitrogen and oxygen atoms in total. The highest BCUT2D eigenvalue weighted by atomic mass is 79.9. The summed E-state index contributed by atoms with van der Waals surface area (Å²) < 4.78 is 2.70. The summed E-state index contributed by atoms with van der Waals surface area (Å²) in [4.78, 5) is 14.3. The summed E-state index contributed by atoms with van der Waals surface area (Å²) in [6, 6.07) is 7.80. The first-order valence-electron chi connectivity index (χ1n) is 6.97. The molecule has 21 heavy (non-hydrogen) atoms. The van der Waals surface area contributed by atoms with Crippen LogP contribution < -0.4 is 5.73 Å². The minimum absolute atomic E-state index is 0.0344. The first-order valence-corrected chi connectivity index (χ1v) is 7.76. The Bertz CT molecular complexity index is 655. The van der Waals surface area contributed by atoms with Crippen molar-refractivity contribution in [1.29, 1.82) is 0 Å². The average molecular weight is 349 g/mol. The summed E-state index contributed by atoms with van der Waals surface area (Å²) in [7, 11) is 0. The van der Waals surface area contributed by atoms with E-state index in [4.69, 9.17) is 5.73 Å². The van der Waals surface area contributed by atoms with Crippen LogP contribution in [0.15, 0.2) is 41.1 Å². The Hall–Kier alpha value is -1.66. The standard InChI is InChI=1S/C15H17BrN4O/c16-13-2-1-3-14(6-13)20-10-12(8-18-20)15(21)19-5-4-11(7-17)9-19/h1-3,6,8,10-11H,4-5,7,9,17H2/t11-/m1/s1. The molecule has 110 valence electrons. The van der Waals surface area contributed by atoms with Crippen LogP contribution in [0.25, 0.3) is 5.69 Å². The van der Waals surface area contributed by atoms with Crippen LogP contribution in [0.1, 0.15) is 16.8 Å². The van der Waals surface area contributed by atoms with Gasteiger partial charge in [0.05, 0.1) is 17.4 Å². The first-order chi connectivity index (χ1) is 10.2. The van der Waals surface area contributed by atoms with E-state index in [1.807, 2.05) is 29.2 Å². The predicted molar refractivity (Wildman–Crippen MR) is 84.3 cm³/mol. The molecule has 0 saturated carbocycles. The van der Waals surface area contributed by atoms with Crippen molar-refractivity contribution in [3.8, 4) is 5.69 Å². The zero-order valence-corrected chi connectivity index (χ0v) is 13.2. The minimum Gasteiger partial charge on any atom is -0.338 e. The number of carbonyl (C=O) groups is 1. The Kier molecular flexibility index (Phi) is 4.07. The van der Waals surface area contributed by atoms with Crippen LogP contribution in [0.3, 0.4) is 0 Å². The molecule has 2 N–H and O–H groups in total. The molecule has 0 unspecified atom stereocenters. The van der Waals surface area contributed by atoms with Gasteiger partial charge in [-0.25, -0.2) is 4.68 Å². The summed E-state index contributed by atoms with van der Waals surface area (Å²) in [6.07, 6.45) is 4.39. The molecule has 1 aromatic heterocycles. The highest BCUT2D eigenvalue weighted by Gasteiger charge is 2.26. The van der Waals surface area contributed by atoms with E-state index in [1.165, 1.54) is 0 Å². The second-order valence-electron chi connectivity index (χ2n) is 5.30. The van der Waals surface area contributed by atoms with Gasteiger partial charge in [-0.2, -0.15) is 5.10 Å². The molecule has 0 radical (unpaired) electrons. The number of hydrogen-bond acceptors (Lipinski definition) is 3. The molecule has 1 aliphatic heterocycles. The number of nitrogens with two attached hydrogens (primary N) is 1. The van der Waals surface area contributed by atoms with E-state index in [9.17, 15) is 4.79 Å². The first kappa shape index (κ1) is 14.3. The van der Waals surface area contributed by atoms with Crippen molar-refractivity contribution in [3.63, 3.8) is 0 Å². The number of aromatic nitrogens is 2. The van der Waals surface area contributed by atoms with Gasteiger partial charge >= 0.3 is 0 Å². The minimum atomic E-state index is 0.0344. The highest BCUT2D eigenvalue weighted by molar-refractivity contribution is 9.10. The normalized spacial score (nSPS) is 18.2. The number of likely N-dealkylation sites (tertiary alicyclic amines) is 1. The van der Waals surface area contributed by atoms with E-state index in [2.05, 4.69) is 21.0 Å². The largest absolute Gasteiger partial charge is 0.338 e. The van der Waals surface area contributed by atoms with Gasteiger partial charge in [0.1, 0.15) is 0 Å². The van der Waals surface area contributed by atoms with Crippen molar-refractivity contribution in [2.24, 2.45) is 11.7 Å². The van der Waals surface area contributed by atoms with E-state index in [0.717, 1.165) is 29.7 Å². The Balaban J connectivity index is 1.77. The molecule has 3 rings (SSSR count). The molecule has 2 aromatic rings. The Morgan fingerprint density at radius 2 is 2.33 bits per heavy atom. The highest BCUT2D eigenvalue weighted by Crippen LogP contribution is 2.19. The Morgan fingerprint density at radius 3 is 3.05 bits per heavy atom. The molecule has 1 aromatic carbocycles. The fourth-order valence-electron chi connectivity index (χ4n) is 2.59. The lowest BCUT2D eigenvalue weighted by molar-refractivity contribution is 0.0787. The third kappa shape index (κ3) is 3.01. The molecule has 1 aliphatic rings. The average Bonchev–Trinajstić information content (AvgIpc) is 3.16. The summed E-state index contributed by atoms with van der Waals surface area (Å²) in [6.45, 7) is 2.17. The van der Waals surface area contributed by atoms with Crippen molar-refractivity contribution in [2.75, 3.05) is 19.6 Å². The topological polar surface area (TPSA) is 64.2 Å². The third-order valence-electron chi connectivity index (χ3n) is 3.81. The summed E-state index contributed by atoms with van der Waals surface area (Å²) in [5.41, 5.74) is 7.21. The number of benzene rings is 1. The molecular formula is C15H17BrN4O. The monoisotopic (exact) mass is 348 g/mol. The van der Waals surface area contributed by atoms with Crippen LogP contribution >= 0.6 is 15.9 Å². The van der Waals surface area contributed by atoms with E-state index in [-0.39, 0.29) is 5.91 Å². The number of hydrogen-bond donors (Lipinski definition) is 1. The number of nitrogens with zero attached hydrogens (tertiary/aromatic N) is 3. The van der Waals surface area contributed by atoms with Crippen LogP contribution in [0, 0.1) is 5.92 Å². The molecule has 0 aliphatic carbocycles. The van der Waals surface area contributed by atoms with Gasteiger partial charge in [-0.15, -0.1) is 0 Å². The number of halogens is 1. The molecule has 1 atom stereocenters.